The summed E-state index contributed by atoms with van der Waals surface area (Å²) < 4.78 is 3.45. The molecule has 1 atom stereocenters. The lowest BCUT2D eigenvalue weighted by molar-refractivity contribution is -0.741. The van der Waals surface area contributed by atoms with E-state index in [-0.39, 0.29) is 22.4 Å². The number of thioether (sulfide) groups is 1. The molecular weight excluding hydrogens is 442 g/mol. The molecule has 2 aromatic heterocycles. The van der Waals surface area contributed by atoms with E-state index in [0.717, 1.165) is 22.5 Å². The molecule has 7 heteroatoms. The van der Waals surface area contributed by atoms with E-state index in [1.807, 2.05) is 67.6 Å². The van der Waals surface area contributed by atoms with Gasteiger partial charge in [0, 0.05) is 11.8 Å². The quantitative estimate of drug-likeness (QED) is 0.333. The number of benzene rings is 2. The molecule has 0 N–H and O–H groups in total. The van der Waals surface area contributed by atoms with Crippen LogP contribution < -0.4 is 15.2 Å². The summed E-state index contributed by atoms with van der Waals surface area (Å²) in [5.41, 5.74) is 3.43. The van der Waals surface area contributed by atoms with Crippen LogP contribution in [0.2, 0.25) is 5.15 Å². The van der Waals surface area contributed by atoms with Gasteiger partial charge in [-0.3, -0.25) is 0 Å². The van der Waals surface area contributed by atoms with E-state index in [1.54, 1.807) is 33.2 Å². The predicted molar refractivity (Wildman–Crippen MR) is 126 cm³/mol. The van der Waals surface area contributed by atoms with Crippen LogP contribution >= 0.6 is 23.4 Å². The molecular formula is C25H20ClN3O2S. The molecule has 0 radical (unpaired) electrons. The summed E-state index contributed by atoms with van der Waals surface area (Å²) in [4.78, 5) is 17.9. The second-order valence-corrected chi connectivity index (χ2v) is 9.00. The molecule has 2 aromatic carbocycles. The molecule has 0 bridgehead atoms. The summed E-state index contributed by atoms with van der Waals surface area (Å²) >= 11 is 7.56. The van der Waals surface area contributed by atoms with Crippen molar-refractivity contribution in [3.8, 4) is 28.1 Å². The molecule has 0 spiro atoms. The van der Waals surface area contributed by atoms with Crippen LogP contribution in [0.3, 0.4) is 0 Å². The Balaban J connectivity index is 1.71. The minimum atomic E-state index is -0.273. The summed E-state index contributed by atoms with van der Waals surface area (Å²) in [5, 5.41) is 13.6. The van der Waals surface area contributed by atoms with Crippen LogP contribution in [0.4, 0.5) is 0 Å². The molecule has 0 fully saturated rings. The molecule has 160 valence electrons. The lowest BCUT2D eigenvalue weighted by Crippen LogP contribution is -2.47. The molecule has 3 heterocycles. The van der Waals surface area contributed by atoms with E-state index in [2.05, 4.69) is 4.98 Å². The Labute approximate surface area is 195 Å². The van der Waals surface area contributed by atoms with Crippen molar-refractivity contribution < 1.29 is 9.67 Å². The largest absolute Gasteiger partial charge is 0.842 e. The van der Waals surface area contributed by atoms with Crippen molar-refractivity contribution in [1.82, 2.24) is 9.55 Å². The zero-order chi connectivity index (χ0) is 22.2. The van der Waals surface area contributed by atoms with Gasteiger partial charge in [0.25, 0.3) is 5.82 Å². The van der Waals surface area contributed by atoms with E-state index in [4.69, 9.17) is 11.6 Å². The van der Waals surface area contributed by atoms with Crippen LogP contribution in [0.1, 0.15) is 23.7 Å². The first-order valence-electron chi connectivity index (χ1n) is 10.4. The highest BCUT2D eigenvalue weighted by Crippen LogP contribution is 2.39. The Hall–Kier alpha value is -3.09. The first kappa shape index (κ1) is 20.8. The fourth-order valence-electron chi connectivity index (χ4n) is 4.17. The summed E-state index contributed by atoms with van der Waals surface area (Å²) in [6.07, 6.45) is 1.69. The van der Waals surface area contributed by atoms with Gasteiger partial charge in [0.2, 0.25) is 0 Å². The molecule has 0 saturated carbocycles. The molecule has 4 aromatic rings. The van der Waals surface area contributed by atoms with Crippen LogP contribution in [0.15, 0.2) is 77.7 Å². The Kier molecular flexibility index (Phi) is 5.49. The molecule has 5 nitrogen and oxygen atoms in total. The molecule has 1 aliphatic rings. The number of rotatable bonds is 4. The van der Waals surface area contributed by atoms with Gasteiger partial charge in [-0.25, -0.2) is 14.3 Å². The number of pyridine rings is 1. The monoisotopic (exact) mass is 461 g/mol. The van der Waals surface area contributed by atoms with Crippen molar-refractivity contribution in [3.05, 3.63) is 99.8 Å². The minimum absolute atomic E-state index is 0.197. The van der Waals surface area contributed by atoms with Crippen molar-refractivity contribution in [2.45, 2.75) is 24.6 Å². The van der Waals surface area contributed by atoms with Gasteiger partial charge in [-0.2, -0.15) is 4.57 Å². The van der Waals surface area contributed by atoms with Crippen molar-refractivity contribution >= 4 is 23.4 Å². The van der Waals surface area contributed by atoms with Gasteiger partial charge >= 0.3 is 5.56 Å². The molecule has 0 amide bonds. The minimum Gasteiger partial charge on any atom is -0.842 e. The van der Waals surface area contributed by atoms with E-state index >= 15 is 0 Å². The van der Waals surface area contributed by atoms with Crippen LogP contribution in [-0.4, -0.2) is 9.55 Å². The topological polar surface area (TPSA) is 61.8 Å². The Bertz CT molecular complexity index is 1350. The fourth-order valence-corrected chi connectivity index (χ4v) is 5.58. The molecule has 32 heavy (non-hydrogen) atoms. The maximum atomic E-state index is 13.7. The average Bonchev–Trinajstić information content (AvgIpc) is 3.26. The normalized spacial score (nSPS) is 15.0. The summed E-state index contributed by atoms with van der Waals surface area (Å²) in [6, 6.07) is 21.2. The van der Waals surface area contributed by atoms with Crippen LogP contribution in [-0.2, 0) is 12.3 Å². The average molecular weight is 462 g/mol. The van der Waals surface area contributed by atoms with Gasteiger partial charge in [-0.1, -0.05) is 71.9 Å². The van der Waals surface area contributed by atoms with E-state index in [1.165, 1.54) is 0 Å². The van der Waals surface area contributed by atoms with Gasteiger partial charge in [0.1, 0.15) is 10.7 Å². The molecule has 0 aliphatic carbocycles. The van der Waals surface area contributed by atoms with Gasteiger partial charge in [0.05, 0.1) is 18.2 Å². The van der Waals surface area contributed by atoms with Gasteiger partial charge in [-0.05, 0) is 41.8 Å². The lowest BCUT2D eigenvalue weighted by atomic mass is 10.00. The zero-order valence-electron chi connectivity index (χ0n) is 17.4. The van der Waals surface area contributed by atoms with E-state index in [0.29, 0.717) is 23.0 Å². The lowest BCUT2D eigenvalue weighted by Gasteiger charge is -2.19. The number of hydrogen-bond donors (Lipinski definition) is 0. The van der Waals surface area contributed by atoms with E-state index < -0.39 is 0 Å². The maximum Gasteiger partial charge on any atom is 0.345 e. The first-order valence-corrected chi connectivity index (χ1v) is 11.8. The summed E-state index contributed by atoms with van der Waals surface area (Å²) in [7, 11) is 0. The zero-order valence-corrected chi connectivity index (χ0v) is 18.9. The number of aromatic nitrogens is 3. The first-order chi connectivity index (χ1) is 15.6. The SMILES string of the molecule is CC[n+]1c([O-])c(-c2cccc(-c3ccccc3)c2)c(=O)n2c1CSC2c1ccc(Cl)nc1. The maximum absolute atomic E-state index is 13.7. The second kappa shape index (κ2) is 8.45. The third-order valence-corrected chi connectivity index (χ3v) is 7.14. The van der Waals surface area contributed by atoms with E-state index in [9.17, 15) is 9.90 Å². The highest BCUT2D eigenvalue weighted by Gasteiger charge is 2.37. The standard InChI is InChI=1S/C25H20ClN3O2S/c1-2-28-21-15-32-25(19-11-12-20(26)27-14-19)29(21)24(31)22(23(28)30)18-10-6-9-17(13-18)16-7-4-3-5-8-16/h3-14,25H,2,15H2,1H3. The number of hydrogen-bond acceptors (Lipinski definition) is 4. The number of halogens is 1. The highest BCUT2D eigenvalue weighted by atomic mass is 35.5. The summed E-state index contributed by atoms with van der Waals surface area (Å²) in [5.74, 6) is 1.07. The Morgan fingerprint density at radius 2 is 1.84 bits per heavy atom. The molecule has 1 unspecified atom stereocenters. The Morgan fingerprint density at radius 3 is 2.56 bits per heavy atom. The van der Waals surface area contributed by atoms with Gasteiger partial charge < -0.3 is 5.11 Å². The summed E-state index contributed by atoms with van der Waals surface area (Å²) in [6.45, 7) is 2.42. The molecule has 0 saturated heterocycles. The van der Waals surface area contributed by atoms with Crippen molar-refractivity contribution in [2.75, 3.05) is 0 Å². The fraction of sp³-hybridized carbons (Fsp3) is 0.160. The third-order valence-electron chi connectivity index (χ3n) is 5.70. The smallest absolute Gasteiger partial charge is 0.345 e. The van der Waals surface area contributed by atoms with Crippen molar-refractivity contribution in [2.24, 2.45) is 0 Å². The molecule has 1 aliphatic heterocycles. The van der Waals surface area contributed by atoms with Crippen molar-refractivity contribution in [3.63, 3.8) is 0 Å². The van der Waals surface area contributed by atoms with Crippen molar-refractivity contribution in [1.29, 1.82) is 0 Å². The highest BCUT2D eigenvalue weighted by molar-refractivity contribution is 7.98. The van der Waals surface area contributed by atoms with Crippen LogP contribution in [0.5, 0.6) is 5.88 Å². The third kappa shape index (κ3) is 3.49. The Morgan fingerprint density at radius 1 is 1.09 bits per heavy atom. The number of nitrogens with zero attached hydrogens (tertiary/aromatic N) is 3. The number of fused-ring (bicyclic) bond motifs is 1. The van der Waals surface area contributed by atoms with Crippen LogP contribution in [0, 0.1) is 0 Å². The predicted octanol–water partition coefficient (Wildman–Crippen LogP) is 4.41. The second-order valence-electron chi connectivity index (χ2n) is 7.54. The van der Waals surface area contributed by atoms with Gasteiger partial charge in [0.15, 0.2) is 5.37 Å². The van der Waals surface area contributed by atoms with Crippen LogP contribution in [0.25, 0.3) is 22.3 Å². The van der Waals surface area contributed by atoms with Gasteiger partial charge in [-0.15, -0.1) is 0 Å². The molecule has 5 rings (SSSR count).